The Balaban J connectivity index is 1.73. The highest BCUT2D eigenvalue weighted by molar-refractivity contribution is 8.00. The van der Waals surface area contributed by atoms with Crippen LogP contribution in [-0.4, -0.2) is 47.5 Å². The van der Waals surface area contributed by atoms with Gasteiger partial charge in [0, 0.05) is 5.69 Å². The van der Waals surface area contributed by atoms with Gasteiger partial charge >= 0.3 is 5.97 Å². The number of rotatable bonds is 5. The Hall–Kier alpha value is -2.53. The first-order valence-electron chi connectivity index (χ1n) is 6.39. The van der Waals surface area contributed by atoms with Crippen LogP contribution in [0.4, 0.5) is 5.69 Å². The topological polar surface area (TPSA) is 99.5 Å². The van der Waals surface area contributed by atoms with E-state index in [9.17, 15) is 14.4 Å². The number of nitrogens with one attached hydrogen (secondary N) is 1. The van der Waals surface area contributed by atoms with E-state index in [1.807, 2.05) is 6.07 Å². The molecule has 0 radical (unpaired) electrons. The van der Waals surface area contributed by atoms with Gasteiger partial charge < -0.3 is 15.0 Å². The molecule has 0 atom stereocenters. The zero-order valence-corrected chi connectivity index (χ0v) is 12.4. The lowest BCUT2D eigenvalue weighted by atomic mass is 10.2. The maximum atomic E-state index is 11.6. The van der Waals surface area contributed by atoms with Gasteiger partial charge in [0.15, 0.2) is 6.61 Å². The maximum absolute atomic E-state index is 11.6. The van der Waals surface area contributed by atoms with E-state index >= 15 is 0 Å². The number of carbonyl (C=O) groups is 3. The van der Waals surface area contributed by atoms with E-state index in [2.05, 4.69) is 5.32 Å². The molecule has 0 aliphatic carbocycles. The van der Waals surface area contributed by atoms with Crippen LogP contribution in [0.5, 0.6) is 0 Å². The van der Waals surface area contributed by atoms with Crippen molar-refractivity contribution in [2.24, 2.45) is 0 Å². The van der Waals surface area contributed by atoms with Gasteiger partial charge in [0.2, 0.25) is 5.91 Å². The largest absolute Gasteiger partial charge is 0.454 e. The molecule has 1 heterocycles. The van der Waals surface area contributed by atoms with Crippen LogP contribution in [0.15, 0.2) is 24.3 Å². The SMILES string of the molecule is N#Cc1ccc(NC(=O)COC(=O)CN2CSCC2=O)cc1. The first kappa shape index (κ1) is 15.9. The maximum Gasteiger partial charge on any atom is 0.326 e. The second-order valence-corrected chi connectivity index (χ2v) is 5.42. The fraction of sp³-hybridized carbons (Fsp3) is 0.286. The number of esters is 1. The van der Waals surface area contributed by atoms with Crippen LogP contribution < -0.4 is 5.32 Å². The van der Waals surface area contributed by atoms with E-state index in [0.717, 1.165) is 0 Å². The second kappa shape index (κ2) is 7.47. The first-order chi connectivity index (χ1) is 10.6. The highest BCUT2D eigenvalue weighted by atomic mass is 32.2. The summed E-state index contributed by atoms with van der Waals surface area (Å²) in [7, 11) is 0. The Morgan fingerprint density at radius 2 is 2.09 bits per heavy atom. The van der Waals surface area contributed by atoms with Gasteiger partial charge in [-0.1, -0.05) is 0 Å². The summed E-state index contributed by atoms with van der Waals surface area (Å²) in [6.07, 6.45) is 0. The Morgan fingerprint density at radius 1 is 1.36 bits per heavy atom. The van der Waals surface area contributed by atoms with E-state index in [1.54, 1.807) is 24.3 Å². The molecule has 1 fully saturated rings. The number of benzene rings is 1. The van der Waals surface area contributed by atoms with Gasteiger partial charge in [-0.25, -0.2) is 0 Å². The number of anilines is 1. The third kappa shape index (κ3) is 4.49. The van der Waals surface area contributed by atoms with Crippen LogP contribution in [0.25, 0.3) is 0 Å². The molecule has 1 aromatic carbocycles. The molecule has 7 nitrogen and oxygen atoms in total. The fourth-order valence-electron chi connectivity index (χ4n) is 1.71. The normalized spacial score (nSPS) is 13.6. The number of amides is 2. The molecule has 0 saturated carbocycles. The van der Waals surface area contributed by atoms with Crippen LogP contribution in [0.2, 0.25) is 0 Å². The van der Waals surface area contributed by atoms with Gasteiger partial charge in [0.1, 0.15) is 6.54 Å². The number of hydrogen-bond donors (Lipinski definition) is 1. The summed E-state index contributed by atoms with van der Waals surface area (Å²) in [5.74, 6) is -0.382. The average molecular weight is 319 g/mol. The highest BCUT2D eigenvalue weighted by Gasteiger charge is 2.23. The number of hydrogen-bond acceptors (Lipinski definition) is 6. The first-order valence-corrected chi connectivity index (χ1v) is 7.55. The summed E-state index contributed by atoms with van der Waals surface area (Å²) < 4.78 is 4.82. The van der Waals surface area contributed by atoms with Crippen molar-refractivity contribution in [2.45, 2.75) is 0 Å². The van der Waals surface area contributed by atoms with Gasteiger partial charge in [0.05, 0.1) is 23.3 Å². The minimum atomic E-state index is -0.620. The molecule has 1 aliphatic heterocycles. The molecule has 114 valence electrons. The molecule has 0 aromatic heterocycles. The van der Waals surface area contributed by atoms with Crippen molar-refractivity contribution in [2.75, 3.05) is 30.1 Å². The summed E-state index contributed by atoms with van der Waals surface area (Å²) >= 11 is 1.43. The van der Waals surface area contributed by atoms with Gasteiger partial charge in [-0.05, 0) is 24.3 Å². The quantitative estimate of drug-likeness (QED) is 0.797. The molecule has 1 aliphatic rings. The van der Waals surface area contributed by atoms with E-state index in [0.29, 0.717) is 22.9 Å². The molecule has 8 heteroatoms. The molecule has 1 N–H and O–H groups in total. The lowest BCUT2D eigenvalue weighted by molar-refractivity contribution is -0.150. The molecule has 2 rings (SSSR count). The van der Waals surface area contributed by atoms with Crippen molar-refractivity contribution in [3.8, 4) is 6.07 Å². The van der Waals surface area contributed by atoms with Crippen molar-refractivity contribution in [1.82, 2.24) is 4.90 Å². The predicted octanol–water partition coefficient (Wildman–Crippen LogP) is 0.573. The molecule has 0 bridgehead atoms. The highest BCUT2D eigenvalue weighted by Crippen LogP contribution is 2.14. The van der Waals surface area contributed by atoms with Crippen LogP contribution in [0, 0.1) is 11.3 Å². The third-order valence-corrected chi connectivity index (χ3v) is 3.75. The van der Waals surface area contributed by atoms with Crippen LogP contribution in [0.1, 0.15) is 5.56 Å². The lowest BCUT2D eigenvalue weighted by Gasteiger charge is -2.13. The van der Waals surface area contributed by atoms with Crippen molar-refractivity contribution in [3.05, 3.63) is 29.8 Å². The van der Waals surface area contributed by atoms with E-state index in [4.69, 9.17) is 10.00 Å². The number of thioether (sulfide) groups is 1. The minimum absolute atomic E-state index is 0.107. The van der Waals surface area contributed by atoms with Crippen molar-refractivity contribution < 1.29 is 19.1 Å². The smallest absolute Gasteiger partial charge is 0.326 e. The summed E-state index contributed by atoms with van der Waals surface area (Å²) in [4.78, 5) is 35.9. The van der Waals surface area contributed by atoms with Crippen LogP contribution in [0.3, 0.4) is 0 Å². The van der Waals surface area contributed by atoms with Gasteiger partial charge in [-0.15, -0.1) is 11.8 Å². The van der Waals surface area contributed by atoms with Crippen molar-refractivity contribution in [3.63, 3.8) is 0 Å². The molecule has 0 spiro atoms. The third-order valence-electron chi connectivity index (χ3n) is 2.81. The summed E-state index contributed by atoms with van der Waals surface area (Å²) in [6, 6.07) is 8.27. The van der Waals surface area contributed by atoms with Gasteiger partial charge in [0.25, 0.3) is 5.91 Å². The monoisotopic (exact) mass is 319 g/mol. The summed E-state index contributed by atoms with van der Waals surface area (Å²) in [6.45, 7) is -0.565. The van der Waals surface area contributed by atoms with Crippen molar-refractivity contribution in [1.29, 1.82) is 5.26 Å². The summed E-state index contributed by atoms with van der Waals surface area (Å²) in [5.41, 5.74) is 0.990. The molecule has 1 saturated heterocycles. The molecular formula is C14H13N3O4S. The zero-order valence-electron chi connectivity index (χ0n) is 11.6. The molecular weight excluding hydrogens is 306 g/mol. The fourth-order valence-corrected chi connectivity index (χ4v) is 2.62. The predicted molar refractivity (Wildman–Crippen MR) is 79.8 cm³/mol. The van der Waals surface area contributed by atoms with Crippen LogP contribution >= 0.6 is 11.8 Å². The number of ether oxygens (including phenoxy) is 1. The van der Waals surface area contributed by atoms with Crippen LogP contribution in [-0.2, 0) is 19.1 Å². The average Bonchev–Trinajstić information content (AvgIpc) is 2.91. The molecule has 2 amide bonds. The van der Waals surface area contributed by atoms with Crippen molar-refractivity contribution >= 4 is 35.2 Å². The number of nitriles is 1. The molecule has 22 heavy (non-hydrogen) atoms. The van der Waals surface area contributed by atoms with E-state index < -0.39 is 18.5 Å². The Morgan fingerprint density at radius 3 is 2.68 bits per heavy atom. The number of carbonyl (C=O) groups excluding carboxylic acids is 3. The molecule has 1 aromatic rings. The minimum Gasteiger partial charge on any atom is -0.454 e. The van der Waals surface area contributed by atoms with E-state index in [-0.39, 0.29) is 12.5 Å². The number of nitrogens with zero attached hydrogens (tertiary/aromatic N) is 2. The lowest BCUT2D eigenvalue weighted by Crippen LogP contribution is -2.33. The van der Waals surface area contributed by atoms with Gasteiger partial charge in [-0.2, -0.15) is 5.26 Å². The van der Waals surface area contributed by atoms with Gasteiger partial charge in [-0.3, -0.25) is 14.4 Å². The second-order valence-electron chi connectivity index (χ2n) is 4.47. The Labute approximate surface area is 131 Å². The Bertz CT molecular complexity index is 624. The molecule has 0 unspecified atom stereocenters. The zero-order chi connectivity index (χ0) is 15.9. The van der Waals surface area contributed by atoms with E-state index in [1.165, 1.54) is 16.7 Å². The standard InChI is InChI=1S/C14H13N3O4S/c15-5-10-1-3-11(4-2-10)16-12(18)7-21-14(20)6-17-9-22-8-13(17)19/h1-4H,6-9H2,(H,16,18). The summed E-state index contributed by atoms with van der Waals surface area (Å²) in [5, 5.41) is 11.2. The Kier molecular flexibility index (Phi) is 5.38.